The zero-order valence-electron chi connectivity index (χ0n) is 9.82. The van der Waals surface area contributed by atoms with Gasteiger partial charge in [-0.15, -0.1) is 0 Å². The van der Waals surface area contributed by atoms with Crippen molar-refractivity contribution >= 4 is 11.8 Å². The average Bonchev–Trinajstić information content (AvgIpc) is 2.68. The Kier molecular flexibility index (Phi) is 6.49. The first-order chi connectivity index (χ1) is 8.75. The van der Waals surface area contributed by atoms with Gasteiger partial charge in [0.05, 0.1) is 33.0 Å². The van der Waals surface area contributed by atoms with Crippen molar-refractivity contribution in [2.75, 3.05) is 39.5 Å². The summed E-state index contributed by atoms with van der Waals surface area (Å²) >= 11 is 0. The highest BCUT2D eigenvalue weighted by molar-refractivity contribution is 6.12. The van der Waals surface area contributed by atoms with E-state index in [9.17, 15) is 9.59 Å². The van der Waals surface area contributed by atoms with Gasteiger partial charge in [-0.25, -0.2) is 0 Å². The molecule has 8 nitrogen and oxygen atoms in total. The molecule has 0 radical (unpaired) electrons. The van der Waals surface area contributed by atoms with Gasteiger partial charge in [-0.2, -0.15) is 0 Å². The third-order valence-electron chi connectivity index (χ3n) is 2.13. The van der Waals surface area contributed by atoms with E-state index in [1.165, 1.54) is 12.2 Å². The minimum atomic E-state index is -0.311. The molecule has 0 aromatic rings. The third-order valence-corrected chi connectivity index (χ3v) is 2.13. The van der Waals surface area contributed by atoms with Gasteiger partial charge in [0.1, 0.15) is 0 Å². The van der Waals surface area contributed by atoms with Gasteiger partial charge < -0.3 is 9.47 Å². The van der Waals surface area contributed by atoms with E-state index in [1.54, 1.807) is 0 Å². The first-order valence-electron chi connectivity index (χ1n) is 5.45. The molecule has 1 rings (SSSR count). The lowest BCUT2D eigenvalue weighted by atomic mass is 10.5. The Labute approximate surface area is 104 Å². The summed E-state index contributed by atoms with van der Waals surface area (Å²) in [5, 5.41) is 3.30. The van der Waals surface area contributed by atoms with E-state index in [2.05, 4.69) is 10.0 Å². The fraction of sp³-hybridized carbons (Fsp3) is 0.600. The molecule has 0 saturated heterocycles. The SMILES string of the molecule is [N-]=[N+]=NCCOCCOCCN1C(=O)C=CC1=O. The van der Waals surface area contributed by atoms with Crippen molar-refractivity contribution in [2.24, 2.45) is 5.11 Å². The Hall–Kier alpha value is -1.89. The topological polar surface area (TPSA) is 105 Å². The van der Waals surface area contributed by atoms with E-state index >= 15 is 0 Å². The first-order valence-corrected chi connectivity index (χ1v) is 5.45. The Morgan fingerprint density at radius 3 is 2.33 bits per heavy atom. The van der Waals surface area contributed by atoms with Crippen molar-refractivity contribution in [2.45, 2.75) is 0 Å². The number of amides is 2. The molecule has 98 valence electrons. The number of carbonyl (C=O) groups is 2. The molecule has 1 heterocycles. The van der Waals surface area contributed by atoms with Crippen LogP contribution in [0.4, 0.5) is 0 Å². The van der Waals surface area contributed by atoms with Gasteiger partial charge in [-0.3, -0.25) is 14.5 Å². The molecular formula is C10H14N4O4. The van der Waals surface area contributed by atoms with E-state index in [0.29, 0.717) is 26.4 Å². The maximum atomic E-state index is 11.1. The van der Waals surface area contributed by atoms with Crippen LogP contribution in [0.2, 0.25) is 0 Å². The Morgan fingerprint density at radius 1 is 1.11 bits per heavy atom. The second-order valence-electron chi connectivity index (χ2n) is 3.34. The highest BCUT2D eigenvalue weighted by Gasteiger charge is 2.22. The average molecular weight is 254 g/mol. The van der Waals surface area contributed by atoms with Gasteiger partial charge in [-0.1, -0.05) is 5.11 Å². The molecule has 0 fully saturated rings. The van der Waals surface area contributed by atoms with Gasteiger partial charge in [-0.05, 0) is 5.53 Å². The number of ether oxygens (including phenoxy) is 2. The minimum absolute atomic E-state index is 0.239. The molecule has 8 heteroatoms. The number of hydrogen-bond acceptors (Lipinski definition) is 5. The monoisotopic (exact) mass is 254 g/mol. The molecule has 1 aliphatic heterocycles. The van der Waals surface area contributed by atoms with Crippen LogP contribution in [0.15, 0.2) is 17.3 Å². The molecule has 2 amide bonds. The summed E-state index contributed by atoms with van der Waals surface area (Å²) in [6.45, 7) is 1.89. The van der Waals surface area contributed by atoms with Crippen LogP contribution in [0.1, 0.15) is 0 Å². The van der Waals surface area contributed by atoms with Crippen molar-refractivity contribution < 1.29 is 19.1 Å². The first kappa shape index (κ1) is 14.2. The molecule has 0 unspecified atom stereocenters. The summed E-state index contributed by atoms with van der Waals surface area (Å²) in [7, 11) is 0. The highest BCUT2D eigenvalue weighted by Crippen LogP contribution is 2.02. The lowest BCUT2D eigenvalue weighted by molar-refractivity contribution is -0.137. The van der Waals surface area contributed by atoms with E-state index in [4.69, 9.17) is 15.0 Å². The van der Waals surface area contributed by atoms with Crippen molar-refractivity contribution in [1.29, 1.82) is 0 Å². The summed E-state index contributed by atoms with van der Waals surface area (Å²) < 4.78 is 10.3. The van der Waals surface area contributed by atoms with Gasteiger partial charge in [0.15, 0.2) is 0 Å². The lowest BCUT2D eigenvalue weighted by Crippen LogP contribution is -2.33. The van der Waals surface area contributed by atoms with Crippen LogP contribution in [-0.4, -0.2) is 56.2 Å². The summed E-state index contributed by atoms with van der Waals surface area (Å²) in [5.41, 5.74) is 8.00. The lowest BCUT2D eigenvalue weighted by Gasteiger charge is -2.13. The van der Waals surface area contributed by atoms with Crippen LogP contribution in [0, 0.1) is 0 Å². The number of imide groups is 1. The van der Waals surface area contributed by atoms with Crippen molar-refractivity contribution in [3.8, 4) is 0 Å². The number of carbonyl (C=O) groups excluding carboxylic acids is 2. The summed E-state index contributed by atoms with van der Waals surface area (Å²) in [5.74, 6) is -0.622. The molecule has 0 aromatic carbocycles. The number of rotatable bonds is 9. The van der Waals surface area contributed by atoms with Crippen LogP contribution in [0.5, 0.6) is 0 Å². The maximum absolute atomic E-state index is 11.1. The van der Waals surface area contributed by atoms with Gasteiger partial charge in [0, 0.05) is 23.6 Å². The second kappa shape index (κ2) is 8.24. The molecular weight excluding hydrogens is 240 g/mol. The van der Waals surface area contributed by atoms with Crippen LogP contribution in [-0.2, 0) is 19.1 Å². The molecule has 0 aliphatic carbocycles. The summed E-state index contributed by atoms with van der Waals surface area (Å²) in [4.78, 5) is 26.0. The molecule has 0 saturated carbocycles. The highest BCUT2D eigenvalue weighted by atomic mass is 16.5. The fourth-order valence-electron chi connectivity index (χ4n) is 1.28. The van der Waals surface area contributed by atoms with E-state index in [1.807, 2.05) is 0 Å². The molecule has 1 aliphatic rings. The Balaban J connectivity index is 1.94. The number of nitrogens with zero attached hydrogens (tertiary/aromatic N) is 4. The van der Waals surface area contributed by atoms with Crippen molar-refractivity contribution in [3.05, 3.63) is 22.6 Å². The smallest absolute Gasteiger partial charge is 0.253 e. The molecule has 18 heavy (non-hydrogen) atoms. The van der Waals surface area contributed by atoms with Crippen LogP contribution in [0.3, 0.4) is 0 Å². The Morgan fingerprint density at radius 2 is 1.72 bits per heavy atom. The third kappa shape index (κ3) is 4.96. The summed E-state index contributed by atoms with van der Waals surface area (Å²) in [6.07, 6.45) is 2.47. The predicted octanol–water partition coefficient (Wildman–Crippen LogP) is 0.255. The van der Waals surface area contributed by atoms with E-state index in [-0.39, 0.29) is 25.0 Å². The fourth-order valence-corrected chi connectivity index (χ4v) is 1.28. The molecule has 0 aromatic heterocycles. The standard InChI is InChI=1S/C10H14N4O4/c11-13-12-3-5-17-7-8-18-6-4-14-9(15)1-2-10(14)16/h1-2H,3-8H2. The van der Waals surface area contributed by atoms with Crippen LogP contribution >= 0.6 is 0 Å². The van der Waals surface area contributed by atoms with Crippen LogP contribution in [0.25, 0.3) is 10.4 Å². The molecule has 0 spiro atoms. The number of azide groups is 1. The van der Waals surface area contributed by atoms with Gasteiger partial charge in [0.25, 0.3) is 11.8 Å². The molecule has 0 atom stereocenters. The van der Waals surface area contributed by atoms with E-state index in [0.717, 1.165) is 4.90 Å². The summed E-state index contributed by atoms with van der Waals surface area (Å²) in [6, 6.07) is 0. The van der Waals surface area contributed by atoms with E-state index < -0.39 is 0 Å². The van der Waals surface area contributed by atoms with Crippen molar-refractivity contribution in [1.82, 2.24) is 4.90 Å². The maximum Gasteiger partial charge on any atom is 0.253 e. The van der Waals surface area contributed by atoms with Crippen molar-refractivity contribution in [3.63, 3.8) is 0 Å². The predicted molar refractivity (Wildman–Crippen MR) is 61.5 cm³/mol. The molecule has 0 N–H and O–H groups in total. The minimum Gasteiger partial charge on any atom is -0.379 e. The normalized spacial score (nSPS) is 14.1. The largest absolute Gasteiger partial charge is 0.379 e. The molecule has 0 bridgehead atoms. The van der Waals surface area contributed by atoms with Gasteiger partial charge >= 0.3 is 0 Å². The number of hydrogen-bond donors (Lipinski definition) is 0. The Bertz CT molecular complexity index is 358. The zero-order chi connectivity index (χ0) is 13.2. The quantitative estimate of drug-likeness (QED) is 0.193. The van der Waals surface area contributed by atoms with Gasteiger partial charge in [0.2, 0.25) is 0 Å². The zero-order valence-corrected chi connectivity index (χ0v) is 9.82. The second-order valence-corrected chi connectivity index (χ2v) is 3.34. The van der Waals surface area contributed by atoms with Crippen LogP contribution < -0.4 is 0 Å².